The van der Waals surface area contributed by atoms with Crippen molar-refractivity contribution in [2.75, 3.05) is 26.8 Å². The fourth-order valence-electron chi connectivity index (χ4n) is 3.90. The van der Waals surface area contributed by atoms with E-state index in [1.54, 1.807) is 24.3 Å². The molecular weight excluding hydrogens is 402 g/mol. The number of hydrogen-bond donors (Lipinski definition) is 0. The van der Waals surface area contributed by atoms with E-state index in [-0.39, 0.29) is 11.6 Å². The minimum absolute atomic E-state index is 0.159. The lowest BCUT2D eigenvalue weighted by Crippen LogP contribution is -2.37. The molecular formula is C24H26F2N2O3. The molecule has 1 atom stereocenters. The Balaban J connectivity index is 1.38. The summed E-state index contributed by atoms with van der Waals surface area (Å²) in [5.74, 6) is 1.57. The summed E-state index contributed by atoms with van der Waals surface area (Å²) in [7, 11) is 1.43. The minimum atomic E-state index is -0.422. The van der Waals surface area contributed by atoms with Crippen molar-refractivity contribution in [2.24, 2.45) is 5.92 Å². The van der Waals surface area contributed by atoms with Crippen molar-refractivity contribution in [3.05, 3.63) is 65.6 Å². The van der Waals surface area contributed by atoms with Gasteiger partial charge in [-0.3, -0.25) is 4.90 Å². The van der Waals surface area contributed by atoms with Gasteiger partial charge in [-0.1, -0.05) is 6.07 Å². The van der Waals surface area contributed by atoms with Crippen molar-refractivity contribution in [3.63, 3.8) is 0 Å². The van der Waals surface area contributed by atoms with E-state index in [1.165, 1.54) is 25.3 Å². The van der Waals surface area contributed by atoms with Gasteiger partial charge in [0, 0.05) is 30.6 Å². The number of piperidine rings is 1. The summed E-state index contributed by atoms with van der Waals surface area (Å²) in [5.41, 5.74) is 1.54. The summed E-state index contributed by atoms with van der Waals surface area (Å²) in [5, 5.41) is 0. The van der Waals surface area contributed by atoms with E-state index in [4.69, 9.17) is 13.9 Å². The molecule has 0 aliphatic carbocycles. The predicted molar refractivity (Wildman–Crippen MR) is 113 cm³/mol. The van der Waals surface area contributed by atoms with Crippen LogP contribution in [0, 0.1) is 24.5 Å². The number of ether oxygens (including phenoxy) is 2. The van der Waals surface area contributed by atoms with E-state index in [2.05, 4.69) is 9.88 Å². The van der Waals surface area contributed by atoms with E-state index in [0.717, 1.165) is 37.4 Å². The number of methoxy groups -OCH3 is 1. The van der Waals surface area contributed by atoms with Crippen LogP contribution in [0.3, 0.4) is 0 Å². The lowest BCUT2D eigenvalue weighted by atomic mass is 9.99. The molecule has 0 amide bonds. The Morgan fingerprint density at radius 1 is 1.19 bits per heavy atom. The largest absolute Gasteiger partial charge is 0.494 e. The highest BCUT2D eigenvalue weighted by Gasteiger charge is 2.23. The second-order valence-electron chi connectivity index (χ2n) is 7.88. The Morgan fingerprint density at radius 2 is 2.06 bits per heavy atom. The van der Waals surface area contributed by atoms with E-state index < -0.39 is 5.82 Å². The van der Waals surface area contributed by atoms with Gasteiger partial charge in [-0.15, -0.1) is 0 Å². The molecule has 4 rings (SSSR count). The monoisotopic (exact) mass is 428 g/mol. The van der Waals surface area contributed by atoms with Gasteiger partial charge in [0.2, 0.25) is 5.89 Å². The Bertz CT molecular complexity index is 1040. The number of rotatable bonds is 7. The number of likely N-dealkylation sites (tertiary alicyclic amines) is 1. The Labute approximate surface area is 180 Å². The number of benzene rings is 2. The topological polar surface area (TPSA) is 47.7 Å². The van der Waals surface area contributed by atoms with Crippen molar-refractivity contribution in [1.82, 2.24) is 9.88 Å². The summed E-state index contributed by atoms with van der Waals surface area (Å²) in [4.78, 5) is 6.98. The van der Waals surface area contributed by atoms with E-state index >= 15 is 0 Å². The van der Waals surface area contributed by atoms with Crippen LogP contribution in [0.5, 0.6) is 11.5 Å². The van der Waals surface area contributed by atoms with Crippen LogP contribution < -0.4 is 9.47 Å². The first-order valence-electron chi connectivity index (χ1n) is 10.4. The molecule has 2 heterocycles. The SMILES string of the molecule is COc1cc(-c2nc(CN3CCC[C@H](COc4cccc(F)c4)C3)c(C)o2)ccc1F. The van der Waals surface area contributed by atoms with Gasteiger partial charge >= 0.3 is 0 Å². The van der Waals surface area contributed by atoms with Gasteiger partial charge in [0.05, 0.1) is 19.4 Å². The van der Waals surface area contributed by atoms with Crippen LogP contribution in [0.1, 0.15) is 24.3 Å². The van der Waals surface area contributed by atoms with Crippen molar-refractivity contribution >= 4 is 0 Å². The molecule has 164 valence electrons. The van der Waals surface area contributed by atoms with Gasteiger partial charge < -0.3 is 13.9 Å². The fourth-order valence-corrected chi connectivity index (χ4v) is 3.90. The molecule has 1 saturated heterocycles. The molecule has 5 nitrogen and oxygen atoms in total. The maximum atomic E-state index is 13.7. The smallest absolute Gasteiger partial charge is 0.226 e. The first-order valence-corrected chi connectivity index (χ1v) is 10.4. The van der Waals surface area contributed by atoms with Crippen molar-refractivity contribution < 1.29 is 22.7 Å². The van der Waals surface area contributed by atoms with Crippen LogP contribution in [0.25, 0.3) is 11.5 Å². The van der Waals surface area contributed by atoms with Gasteiger partial charge in [-0.2, -0.15) is 0 Å². The number of hydrogen-bond acceptors (Lipinski definition) is 5. The molecule has 7 heteroatoms. The fraction of sp³-hybridized carbons (Fsp3) is 0.375. The summed E-state index contributed by atoms with van der Waals surface area (Å²) in [6.07, 6.45) is 2.14. The Hall–Kier alpha value is -2.93. The molecule has 2 aromatic carbocycles. The summed E-state index contributed by atoms with van der Waals surface area (Å²) in [6.45, 7) is 4.97. The highest BCUT2D eigenvalue weighted by molar-refractivity contribution is 5.56. The number of halogens is 2. The summed E-state index contributed by atoms with van der Waals surface area (Å²) >= 11 is 0. The third kappa shape index (κ3) is 5.22. The normalized spacial score (nSPS) is 17.0. The first-order chi connectivity index (χ1) is 15.0. The maximum absolute atomic E-state index is 13.7. The van der Waals surface area contributed by atoms with Crippen molar-refractivity contribution in [1.29, 1.82) is 0 Å². The lowest BCUT2D eigenvalue weighted by Gasteiger charge is -2.32. The first kappa shape index (κ1) is 21.3. The van der Waals surface area contributed by atoms with Crippen LogP contribution in [0.15, 0.2) is 46.9 Å². The van der Waals surface area contributed by atoms with Gasteiger partial charge in [-0.25, -0.2) is 13.8 Å². The second kappa shape index (κ2) is 9.47. The van der Waals surface area contributed by atoms with E-state index in [1.807, 2.05) is 6.92 Å². The standard InChI is InChI=1S/C24H26F2N2O3/c1-16-22(27-24(31-16)18-8-9-21(26)23(11-18)29-2)14-28-10-4-5-17(13-28)15-30-20-7-3-6-19(25)12-20/h3,6-9,11-12,17H,4-5,10,13-15H2,1-2H3/t17-/m0/s1. The predicted octanol–water partition coefficient (Wildman–Crippen LogP) is 5.23. The average molecular weight is 428 g/mol. The van der Waals surface area contributed by atoms with Gasteiger partial charge in [0.1, 0.15) is 17.3 Å². The molecule has 1 aromatic heterocycles. The molecule has 3 aromatic rings. The van der Waals surface area contributed by atoms with Crippen LogP contribution >= 0.6 is 0 Å². The summed E-state index contributed by atoms with van der Waals surface area (Å²) < 4.78 is 43.7. The zero-order chi connectivity index (χ0) is 21.8. The third-order valence-corrected chi connectivity index (χ3v) is 5.55. The number of aryl methyl sites for hydroxylation is 1. The molecule has 1 aliphatic rings. The molecule has 1 fully saturated rings. The maximum Gasteiger partial charge on any atom is 0.226 e. The Morgan fingerprint density at radius 3 is 2.87 bits per heavy atom. The molecule has 0 radical (unpaired) electrons. The van der Waals surface area contributed by atoms with Crippen LogP contribution in [0.2, 0.25) is 0 Å². The molecule has 0 saturated carbocycles. The molecule has 0 unspecified atom stereocenters. The lowest BCUT2D eigenvalue weighted by molar-refractivity contribution is 0.123. The van der Waals surface area contributed by atoms with E-state index in [9.17, 15) is 8.78 Å². The second-order valence-corrected chi connectivity index (χ2v) is 7.88. The zero-order valence-corrected chi connectivity index (χ0v) is 17.7. The van der Waals surface area contributed by atoms with Crippen LogP contribution in [-0.4, -0.2) is 36.7 Å². The van der Waals surface area contributed by atoms with Gasteiger partial charge in [0.15, 0.2) is 11.6 Å². The average Bonchev–Trinajstić information content (AvgIpc) is 3.13. The van der Waals surface area contributed by atoms with Crippen LogP contribution in [-0.2, 0) is 6.54 Å². The highest BCUT2D eigenvalue weighted by atomic mass is 19.1. The number of nitrogens with zero attached hydrogens (tertiary/aromatic N) is 2. The van der Waals surface area contributed by atoms with E-state index in [0.29, 0.717) is 36.3 Å². The molecule has 0 bridgehead atoms. The molecule has 1 aliphatic heterocycles. The molecule has 0 spiro atoms. The summed E-state index contributed by atoms with van der Waals surface area (Å²) in [6, 6.07) is 10.8. The minimum Gasteiger partial charge on any atom is -0.494 e. The van der Waals surface area contributed by atoms with Gasteiger partial charge in [0.25, 0.3) is 0 Å². The number of aromatic nitrogens is 1. The highest BCUT2D eigenvalue weighted by Crippen LogP contribution is 2.28. The molecule has 31 heavy (non-hydrogen) atoms. The van der Waals surface area contributed by atoms with Crippen LogP contribution in [0.4, 0.5) is 8.78 Å². The van der Waals surface area contributed by atoms with Crippen molar-refractivity contribution in [3.8, 4) is 23.0 Å². The Kier molecular flexibility index (Phi) is 6.51. The third-order valence-electron chi connectivity index (χ3n) is 5.55. The quantitative estimate of drug-likeness (QED) is 0.516. The van der Waals surface area contributed by atoms with Crippen molar-refractivity contribution in [2.45, 2.75) is 26.3 Å². The van der Waals surface area contributed by atoms with Gasteiger partial charge in [-0.05, 0) is 56.6 Å². The molecule has 0 N–H and O–H groups in total. The zero-order valence-electron chi connectivity index (χ0n) is 17.7. The number of oxazole rings is 1.